The molecule has 25 heavy (non-hydrogen) atoms. The first-order valence-electron chi connectivity index (χ1n) is 9.31. The highest BCUT2D eigenvalue weighted by atomic mass is 15.1. The number of nitrogens with zero attached hydrogens (tertiary/aromatic N) is 1. The summed E-state index contributed by atoms with van der Waals surface area (Å²) >= 11 is 0. The molecule has 1 spiro atoms. The molecule has 0 amide bonds. The van der Waals surface area contributed by atoms with Gasteiger partial charge in [0.15, 0.2) is 0 Å². The van der Waals surface area contributed by atoms with Crippen LogP contribution in [0, 0.1) is 0 Å². The van der Waals surface area contributed by atoms with Crippen molar-refractivity contribution in [2.45, 2.75) is 24.8 Å². The van der Waals surface area contributed by atoms with E-state index in [0.717, 1.165) is 6.54 Å². The summed E-state index contributed by atoms with van der Waals surface area (Å²) in [6, 6.07) is 24.5. The van der Waals surface area contributed by atoms with Crippen molar-refractivity contribution >= 4 is 16.8 Å². The summed E-state index contributed by atoms with van der Waals surface area (Å²) in [5.41, 5.74) is 4.68. The Balaban J connectivity index is 1.31. The Bertz CT molecular complexity index is 945. The van der Waals surface area contributed by atoms with Gasteiger partial charge in [0, 0.05) is 12.0 Å². The van der Waals surface area contributed by atoms with E-state index in [1.54, 1.807) is 5.56 Å². The summed E-state index contributed by atoms with van der Waals surface area (Å²) in [6.07, 6.45) is 7.25. The van der Waals surface area contributed by atoms with Gasteiger partial charge < -0.3 is 0 Å². The molecule has 1 aliphatic heterocycles. The first-order chi connectivity index (χ1) is 12.3. The highest BCUT2D eigenvalue weighted by molar-refractivity contribution is 5.83. The molecule has 3 aromatic rings. The first kappa shape index (κ1) is 14.9. The van der Waals surface area contributed by atoms with Crippen molar-refractivity contribution < 1.29 is 0 Å². The van der Waals surface area contributed by atoms with Gasteiger partial charge in [-0.2, -0.15) is 0 Å². The quantitative estimate of drug-likeness (QED) is 0.610. The van der Waals surface area contributed by atoms with Gasteiger partial charge in [-0.05, 0) is 59.5 Å². The lowest BCUT2D eigenvalue weighted by molar-refractivity contribution is 0.177. The Morgan fingerprint density at radius 2 is 1.56 bits per heavy atom. The zero-order valence-corrected chi connectivity index (χ0v) is 14.5. The Hall–Kier alpha value is -2.38. The van der Waals surface area contributed by atoms with Crippen LogP contribution in [0.4, 0.5) is 0 Å². The summed E-state index contributed by atoms with van der Waals surface area (Å²) in [4.78, 5) is 2.62. The number of hydrogen-bond acceptors (Lipinski definition) is 1. The van der Waals surface area contributed by atoms with E-state index in [0.29, 0.717) is 0 Å². The van der Waals surface area contributed by atoms with Crippen molar-refractivity contribution in [3.8, 4) is 0 Å². The maximum atomic E-state index is 2.62. The van der Waals surface area contributed by atoms with Crippen LogP contribution in [0.15, 0.2) is 72.8 Å². The van der Waals surface area contributed by atoms with Crippen LogP contribution < -0.4 is 0 Å². The van der Waals surface area contributed by atoms with Crippen molar-refractivity contribution in [2.24, 2.45) is 0 Å². The highest BCUT2D eigenvalue weighted by Crippen LogP contribution is 2.43. The van der Waals surface area contributed by atoms with Crippen LogP contribution in [0.1, 0.15) is 29.5 Å². The molecule has 0 atom stereocenters. The van der Waals surface area contributed by atoms with E-state index < -0.39 is 0 Å². The zero-order valence-electron chi connectivity index (χ0n) is 14.5. The van der Waals surface area contributed by atoms with Crippen molar-refractivity contribution in [3.05, 3.63) is 89.5 Å². The highest BCUT2D eigenvalue weighted by Gasteiger charge is 2.37. The largest absolute Gasteiger partial charge is 0.299 e. The number of hydrogen-bond donors (Lipinski definition) is 0. The number of rotatable bonds is 2. The molecule has 1 nitrogen and oxygen atoms in total. The molecule has 5 rings (SSSR count). The average Bonchev–Trinajstić information content (AvgIpc) is 3.02. The van der Waals surface area contributed by atoms with Crippen molar-refractivity contribution in [3.63, 3.8) is 0 Å². The smallest absolute Gasteiger partial charge is 0.0233 e. The van der Waals surface area contributed by atoms with Crippen LogP contribution in [-0.4, -0.2) is 18.0 Å². The average molecular weight is 325 g/mol. The van der Waals surface area contributed by atoms with Crippen LogP contribution in [0.5, 0.6) is 0 Å². The Kier molecular flexibility index (Phi) is 3.50. The van der Waals surface area contributed by atoms with Gasteiger partial charge in [-0.3, -0.25) is 4.90 Å². The molecule has 3 aromatic carbocycles. The third-order valence-corrected chi connectivity index (χ3v) is 6.05. The summed E-state index contributed by atoms with van der Waals surface area (Å²) in [5.74, 6) is 0. The van der Waals surface area contributed by atoms with Gasteiger partial charge in [0.05, 0.1) is 0 Å². The summed E-state index contributed by atoms with van der Waals surface area (Å²) in [7, 11) is 0. The lowest BCUT2D eigenvalue weighted by Crippen LogP contribution is -2.40. The molecular formula is C24H23N. The van der Waals surface area contributed by atoms with Gasteiger partial charge in [0.2, 0.25) is 0 Å². The summed E-state index contributed by atoms with van der Waals surface area (Å²) in [6.45, 7) is 3.41. The molecular weight excluding hydrogens is 302 g/mol. The van der Waals surface area contributed by atoms with Crippen LogP contribution in [0.2, 0.25) is 0 Å². The number of likely N-dealkylation sites (tertiary alicyclic amines) is 1. The summed E-state index contributed by atoms with van der Waals surface area (Å²) < 4.78 is 0. The predicted molar refractivity (Wildman–Crippen MR) is 106 cm³/mol. The van der Waals surface area contributed by atoms with Gasteiger partial charge >= 0.3 is 0 Å². The maximum Gasteiger partial charge on any atom is 0.0233 e. The van der Waals surface area contributed by atoms with Crippen molar-refractivity contribution in [1.82, 2.24) is 4.90 Å². The fourth-order valence-corrected chi connectivity index (χ4v) is 4.58. The normalized spacial score (nSPS) is 18.7. The van der Waals surface area contributed by atoms with E-state index in [2.05, 4.69) is 83.8 Å². The van der Waals surface area contributed by atoms with Crippen molar-refractivity contribution in [1.29, 1.82) is 0 Å². The molecule has 1 aliphatic carbocycles. The predicted octanol–water partition coefficient (Wildman–Crippen LogP) is 5.40. The fraction of sp³-hybridized carbons (Fsp3) is 0.250. The van der Waals surface area contributed by atoms with Crippen molar-refractivity contribution in [2.75, 3.05) is 13.1 Å². The molecule has 2 aliphatic rings. The van der Waals surface area contributed by atoms with E-state index in [1.165, 1.54) is 47.8 Å². The maximum absolute atomic E-state index is 2.62. The van der Waals surface area contributed by atoms with Gasteiger partial charge in [0.1, 0.15) is 0 Å². The Labute approximate surface area is 149 Å². The lowest BCUT2D eigenvalue weighted by Gasteiger charge is -2.39. The fourth-order valence-electron chi connectivity index (χ4n) is 4.58. The van der Waals surface area contributed by atoms with E-state index in [1.807, 2.05) is 0 Å². The minimum absolute atomic E-state index is 0.288. The van der Waals surface area contributed by atoms with Crippen LogP contribution in [0.3, 0.4) is 0 Å². The van der Waals surface area contributed by atoms with E-state index >= 15 is 0 Å². The third kappa shape index (κ3) is 2.60. The van der Waals surface area contributed by atoms with E-state index in [9.17, 15) is 0 Å². The Morgan fingerprint density at radius 3 is 2.44 bits per heavy atom. The molecule has 0 N–H and O–H groups in total. The number of piperidine rings is 1. The second kappa shape index (κ2) is 5.86. The minimum Gasteiger partial charge on any atom is -0.299 e. The van der Waals surface area contributed by atoms with Gasteiger partial charge in [-0.1, -0.05) is 72.8 Å². The SMILES string of the molecule is C1=CC2(CCN(Cc3ccc4ccccc4c3)CC2)c2ccccc21. The zero-order chi connectivity index (χ0) is 16.7. The molecule has 0 bridgehead atoms. The van der Waals surface area contributed by atoms with E-state index in [4.69, 9.17) is 0 Å². The van der Waals surface area contributed by atoms with E-state index in [-0.39, 0.29) is 5.41 Å². The lowest BCUT2D eigenvalue weighted by atomic mass is 9.74. The molecule has 1 fully saturated rings. The number of allylic oxidation sites excluding steroid dienone is 1. The first-order valence-corrected chi connectivity index (χ1v) is 9.31. The van der Waals surface area contributed by atoms with Crippen LogP contribution in [0.25, 0.3) is 16.8 Å². The third-order valence-electron chi connectivity index (χ3n) is 6.05. The van der Waals surface area contributed by atoms with Gasteiger partial charge in [-0.25, -0.2) is 0 Å². The molecule has 124 valence electrons. The van der Waals surface area contributed by atoms with Crippen LogP contribution in [-0.2, 0) is 12.0 Å². The second-order valence-electron chi connectivity index (χ2n) is 7.53. The number of benzene rings is 3. The molecule has 1 heteroatoms. The summed E-state index contributed by atoms with van der Waals surface area (Å²) in [5, 5.41) is 2.68. The molecule has 1 heterocycles. The topological polar surface area (TPSA) is 3.24 Å². The van der Waals surface area contributed by atoms with Gasteiger partial charge in [-0.15, -0.1) is 0 Å². The molecule has 1 saturated heterocycles. The van der Waals surface area contributed by atoms with Gasteiger partial charge in [0.25, 0.3) is 0 Å². The Morgan fingerprint density at radius 1 is 0.800 bits per heavy atom. The molecule has 0 unspecified atom stereocenters. The standard InChI is InChI=1S/C24H23N/c1-2-7-22-17-19(9-10-20(22)5-1)18-25-15-13-24(14-16-25)12-11-21-6-3-4-8-23(21)24/h1-12,17H,13-16,18H2. The van der Waals surface area contributed by atoms with Crippen LogP contribution >= 0.6 is 0 Å². The minimum atomic E-state index is 0.288. The molecule has 0 saturated carbocycles. The monoisotopic (exact) mass is 325 g/mol. The number of fused-ring (bicyclic) bond motifs is 3. The second-order valence-corrected chi connectivity index (χ2v) is 7.53. The molecule has 0 aromatic heterocycles. The molecule has 0 radical (unpaired) electrons.